The van der Waals surface area contributed by atoms with Crippen LogP contribution in [-0.2, 0) is 0 Å². The first-order valence-corrected chi connectivity index (χ1v) is 6.41. The molecule has 0 spiro atoms. The molecule has 0 heterocycles. The molecule has 19 heavy (non-hydrogen) atoms. The van der Waals surface area contributed by atoms with Crippen LogP contribution in [0.25, 0.3) is 0 Å². The van der Waals surface area contributed by atoms with Crippen molar-refractivity contribution in [1.29, 1.82) is 0 Å². The van der Waals surface area contributed by atoms with E-state index < -0.39 is 0 Å². The summed E-state index contributed by atoms with van der Waals surface area (Å²) in [5.41, 5.74) is 6.88. The van der Waals surface area contributed by atoms with Gasteiger partial charge in [-0.3, -0.25) is 4.79 Å². The number of nitrogen functional groups attached to an aromatic ring is 1. The average Bonchev–Trinajstić information content (AvgIpc) is 2.26. The minimum atomic E-state index is -0.358. The van der Waals surface area contributed by atoms with Crippen molar-refractivity contribution in [3.05, 3.63) is 57.0 Å². The molecule has 2 aromatic carbocycles. The quantitative estimate of drug-likeness (QED) is 0.803. The maximum absolute atomic E-state index is 12.0. The average molecular weight is 316 g/mol. The number of carbonyl (C=O) groups excluding carboxylic acids is 1. The van der Waals surface area contributed by atoms with Crippen LogP contribution in [0, 0.1) is 0 Å². The van der Waals surface area contributed by atoms with E-state index in [4.69, 9.17) is 40.5 Å². The molecule has 0 unspecified atom stereocenters. The van der Waals surface area contributed by atoms with Crippen LogP contribution in [0.2, 0.25) is 15.1 Å². The molecule has 3 nitrogen and oxygen atoms in total. The zero-order valence-electron chi connectivity index (χ0n) is 9.58. The molecule has 0 aliphatic rings. The zero-order chi connectivity index (χ0) is 14.0. The second kappa shape index (κ2) is 5.70. The number of nitrogens with two attached hydrogens (primary N) is 1. The Labute approximate surface area is 125 Å². The van der Waals surface area contributed by atoms with E-state index in [2.05, 4.69) is 5.32 Å². The van der Waals surface area contributed by atoms with E-state index in [0.717, 1.165) is 0 Å². The molecule has 0 radical (unpaired) electrons. The van der Waals surface area contributed by atoms with E-state index in [-0.39, 0.29) is 10.9 Å². The molecule has 3 N–H and O–H groups in total. The Morgan fingerprint density at radius 1 is 1.00 bits per heavy atom. The van der Waals surface area contributed by atoms with Crippen LogP contribution >= 0.6 is 34.8 Å². The SMILES string of the molecule is Nc1ccc(C(=O)Nc2cc(Cl)cc(Cl)c2)c(Cl)c1. The molecule has 2 aromatic rings. The number of carbonyl (C=O) groups is 1. The van der Waals surface area contributed by atoms with Crippen molar-refractivity contribution < 1.29 is 4.79 Å². The van der Waals surface area contributed by atoms with E-state index in [1.165, 1.54) is 6.07 Å². The third-order valence-electron chi connectivity index (χ3n) is 2.36. The van der Waals surface area contributed by atoms with Crippen LogP contribution in [0.15, 0.2) is 36.4 Å². The Bertz CT molecular complexity index is 624. The van der Waals surface area contributed by atoms with Gasteiger partial charge in [0.25, 0.3) is 5.91 Å². The number of anilines is 2. The molecule has 1 amide bonds. The first kappa shape index (κ1) is 14.0. The summed E-state index contributed by atoms with van der Waals surface area (Å²) < 4.78 is 0. The summed E-state index contributed by atoms with van der Waals surface area (Å²) >= 11 is 17.7. The Hall–Kier alpha value is -1.42. The lowest BCUT2D eigenvalue weighted by molar-refractivity contribution is 0.102. The van der Waals surface area contributed by atoms with Gasteiger partial charge in [-0.15, -0.1) is 0 Å². The van der Waals surface area contributed by atoms with Crippen molar-refractivity contribution in [2.24, 2.45) is 0 Å². The minimum absolute atomic E-state index is 0.283. The van der Waals surface area contributed by atoms with Crippen molar-refractivity contribution in [3.8, 4) is 0 Å². The summed E-state index contributed by atoms with van der Waals surface area (Å²) in [6.07, 6.45) is 0. The molecule has 98 valence electrons. The Balaban J connectivity index is 2.25. The fourth-order valence-corrected chi connectivity index (χ4v) is 2.34. The molecule has 0 saturated heterocycles. The fourth-order valence-electron chi connectivity index (χ4n) is 1.54. The van der Waals surface area contributed by atoms with Crippen LogP contribution in [0.3, 0.4) is 0 Å². The van der Waals surface area contributed by atoms with E-state index in [0.29, 0.717) is 27.0 Å². The summed E-state index contributed by atoms with van der Waals surface area (Å²) in [6, 6.07) is 9.44. The van der Waals surface area contributed by atoms with Gasteiger partial charge < -0.3 is 11.1 Å². The highest BCUT2D eigenvalue weighted by Crippen LogP contribution is 2.24. The lowest BCUT2D eigenvalue weighted by Gasteiger charge is -2.08. The van der Waals surface area contributed by atoms with Gasteiger partial charge in [0.2, 0.25) is 0 Å². The molecular formula is C13H9Cl3N2O. The molecular weight excluding hydrogens is 307 g/mol. The maximum Gasteiger partial charge on any atom is 0.257 e. The van der Waals surface area contributed by atoms with Crippen LogP contribution in [-0.4, -0.2) is 5.91 Å². The van der Waals surface area contributed by atoms with Gasteiger partial charge in [-0.2, -0.15) is 0 Å². The number of amides is 1. The number of hydrogen-bond acceptors (Lipinski definition) is 2. The first-order valence-electron chi connectivity index (χ1n) is 5.28. The first-order chi connectivity index (χ1) is 8.95. The molecule has 0 aromatic heterocycles. The van der Waals surface area contributed by atoms with Gasteiger partial charge in [-0.05, 0) is 36.4 Å². The Kier molecular flexibility index (Phi) is 4.20. The molecule has 0 aliphatic heterocycles. The summed E-state index contributed by atoms with van der Waals surface area (Å²) in [5, 5.41) is 3.82. The van der Waals surface area contributed by atoms with Gasteiger partial charge in [0.1, 0.15) is 0 Å². The van der Waals surface area contributed by atoms with Crippen molar-refractivity contribution in [1.82, 2.24) is 0 Å². The predicted molar refractivity (Wildman–Crippen MR) is 80.3 cm³/mol. The Morgan fingerprint density at radius 3 is 2.21 bits per heavy atom. The van der Waals surface area contributed by atoms with Gasteiger partial charge in [-0.1, -0.05) is 34.8 Å². The second-order valence-electron chi connectivity index (χ2n) is 3.85. The molecule has 0 fully saturated rings. The van der Waals surface area contributed by atoms with Gasteiger partial charge >= 0.3 is 0 Å². The number of rotatable bonds is 2. The van der Waals surface area contributed by atoms with Crippen LogP contribution in [0.1, 0.15) is 10.4 Å². The number of nitrogens with one attached hydrogen (secondary N) is 1. The monoisotopic (exact) mass is 314 g/mol. The molecule has 2 rings (SSSR count). The fraction of sp³-hybridized carbons (Fsp3) is 0. The minimum Gasteiger partial charge on any atom is -0.399 e. The zero-order valence-corrected chi connectivity index (χ0v) is 11.9. The maximum atomic E-state index is 12.0. The van der Waals surface area contributed by atoms with Crippen molar-refractivity contribution >= 4 is 52.1 Å². The normalized spacial score (nSPS) is 10.3. The van der Waals surface area contributed by atoms with Gasteiger partial charge in [-0.25, -0.2) is 0 Å². The van der Waals surface area contributed by atoms with Crippen molar-refractivity contribution in [2.45, 2.75) is 0 Å². The highest BCUT2D eigenvalue weighted by atomic mass is 35.5. The summed E-state index contributed by atoms with van der Waals surface area (Å²) in [4.78, 5) is 12.0. The van der Waals surface area contributed by atoms with E-state index in [1.807, 2.05) is 0 Å². The summed E-state index contributed by atoms with van der Waals surface area (Å²) in [5.74, 6) is -0.358. The van der Waals surface area contributed by atoms with Crippen molar-refractivity contribution in [2.75, 3.05) is 11.1 Å². The second-order valence-corrected chi connectivity index (χ2v) is 5.13. The predicted octanol–water partition coefficient (Wildman–Crippen LogP) is 4.48. The van der Waals surface area contributed by atoms with E-state index in [1.54, 1.807) is 30.3 Å². The number of benzene rings is 2. The smallest absolute Gasteiger partial charge is 0.257 e. The standard InChI is InChI=1S/C13H9Cl3N2O/c14-7-3-8(15)5-10(4-7)18-13(19)11-2-1-9(17)6-12(11)16/h1-6H,17H2,(H,18,19). The Morgan fingerprint density at radius 2 is 1.63 bits per heavy atom. The molecule has 0 atom stereocenters. The number of hydrogen-bond donors (Lipinski definition) is 2. The largest absolute Gasteiger partial charge is 0.399 e. The molecule has 0 saturated carbocycles. The molecule has 0 bridgehead atoms. The van der Waals surface area contributed by atoms with Gasteiger partial charge in [0.05, 0.1) is 10.6 Å². The topological polar surface area (TPSA) is 55.1 Å². The van der Waals surface area contributed by atoms with E-state index in [9.17, 15) is 4.79 Å². The molecule has 0 aliphatic carbocycles. The van der Waals surface area contributed by atoms with Crippen molar-refractivity contribution in [3.63, 3.8) is 0 Å². The van der Waals surface area contributed by atoms with E-state index >= 15 is 0 Å². The highest BCUT2D eigenvalue weighted by molar-refractivity contribution is 6.36. The van der Waals surface area contributed by atoms with Crippen LogP contribution in [0.5, 0.6) is 0 Å². The van der Waals surface area contributed by atoms with Gasteiger partial charge in [0, 0.05) is 21.4 Å². The lowest BCUT2D eigenvalue weighted by Crippen LogP contribution is -2.12. The van der Waals surface area contributed by atoms with Crippen LogP contribution < -0.4 is 11.1 Å². The molecule has 6 heteroatoms. The third-order valence-corrected chi connectivity index (χ3v) is 3.11. The highest BCUT2D eigenvalue weighted by Gasteiger charge is 2.11. The lowest BCUT2D eigenvalue weighted by atomic mass is 10.2. The summed E-state index contributed by atoms with van der Waals surface area (Å²) in [6.45, 7) is 0. The third kappa shape index (κ3) is 3.53. The number of halogens is 3. The van der Waals surface area contributed by atoms with Gasteiger partial charge in [0.15, 0.2) is 0 Å². The summed E-state index contributed by atoms with van der Waals surface area (Å²) in [7, 11) is 0. The van der Waals surface area contributed by atoms with Crippen LogP contribution in [0.4, 0.5) is 11.4 Å².